The van der Waals surface area contributed by atoms with Crippen molar-refractivity contribution in [2.24, 2.45) is 5.92 Å². The standard InChI is InChI=1S/C20H23ClN2O3/c1-13-15-7-4-8-16(21)18(15)26-17(13)20(25)23-11-9-22(10-12-23)19(24)14-5-2-3-6-14/h4,7-8,14H,2-3,5-6,9-12H2,1H3. The van der Waals surface area contributed by atoms with E-state index in [1.54, 1.807) is 11.0 Å². The Bertz CT molecular complexity index is 846. The lowest BCUT2D eigenvalue weighted by Gasteiger charge is -2.35. The molecule has 2 aromatic rings. The number of para-hydroxylation sites is 1. The predicted octanol–water partition coefficient (Wildman–Crippen LogP) is 3.87. The highest BCUT2D eigenvalue weighted by Crippen LogP contribution is 2.32. The van der Waals surface area contributed by atoms with Crippen molar-refractivity contribution in [3.8, 4) is 0 Å². The van der Waals surface area contributed by atoms with Crippen LogP contribution in [-0.2, 0) is 4.79 Å². The summed E-state index contributed by atoms with van der Waals surface area (Å²) in [7, 11) is 0. The molecule has 2 amide bonds. The highest BCUT2D eigenvalue weighted by atomic mass is 35.5. The molecule has 1 saturated heterocycles. The molecule has 138 valence electrons. The first kappa shape index (κ1) is 17.4. The summed E-state index contributed by atoms with van der Waals surface area (Å²) >= 11 is 6.19. The average molecular weight is 375 g/mol. The van der Waals surface area contributed by atoms with Crippen LogP contribution in [0.15, 0.2) is 22.6 Å². The molecule has 2 fully saturated rings. The molecule has 0 radical (unpaired) electrons. The van der Waals surface area contributed by atoms with Crippen LogP contribution in [0, 0.1) is 12.8 Å². The second-order valence-electron chi connectivity index (χ2n) is 7.27. The molecule has 2 heterocycles. The molecule has 0 spiro atoms. The Kier molecular flexibility index (Phi) is 4.65. The zero-order chi connectivity index (χ0) is 18.3. The van der Waals surface area contributed by atoms with Crippen LogP contribution in [0.25, 0.3) is 11.0 Å². The van der Waals surface area contributed by atoms with Crippen LogP contribution >= 0.6 is 11.6 Å². The van der Waals surface area contributed by atoms with E-state index in [2.05, 4.69) is 0 Å². The van der Waals surface area contributed by atoms with Crippen LogP contribution in [0.3, 0.4) is 0 Å². The van der Waals surface area contributed by atoms with Crippen molar-refractivity contribution in [1.29, 1.82) is 0 Å². The zero-order valence-corrected chi connectivity index (χ0v) is 15.7. The van der Waals surface area contributed by atoms with Crippen molar-refractivity contribution in [3.63, 3.8) is 0 Å². The van der Waals surface area contributed by atoms with E-state index in [1.165, 1.54) is 0 Å². The molecule has 0 N–H and O–H groups in total. The van der Waals surface area contributed by atoms with Crippen LogP contribution in [-0.4, -0.2) is 47.8 Å². The van der Waals surface area contributed by atoms with Gasteiger partial charge in [-0.1, -0.05) is 36.6 Å². The van der Waals surface area contributed by atoms with Crippen LogP contribution in [0.4, 0.5) is 0 Å². The van der Waals surface area contributed by atoms with Gasteiger partial charge >= 0.3 is 0 Å². The summed E-state index contributed by atoms with van der Waals surface area (Å²) in [5.74, 6) is 0.685. The van der Waals surface area contributed by atoms with Crippen molar-refractivity contribution in [3.05, 3.63) is 34.5 Å². The molecule has 0 unspecified atom stereocenters. The molecule has 1 aromatic carbocycles. The topological polar surface area (TPSA) is 53.8 Å². The average Bonchev–Trinajstić information content (AvgIpc) is 3.30. The predicted molar refractivity (Wildman–Crippen MR) is 100 cm³/mol. The number of halogens is 1. The van der Waals surface area contributed by atoms with Crippen LogP contribution < -0.4 is 0 Å². The summed E-state index contributed by atoms with van der Waals surface area (Å²) in [6.07, 6.45) is 4.33. The Balaban J connectivity index is 1.46. The Hall–Kier alpha value is -2.01. The first-order chi connectivity index (χ1) is 12.6. The number of fused-ring (bicyclic) bond motifs is 1. The number of piperazine rings is 1. The van der Waals surface area contributed by atoms with E-state index in [1.807, 2.05) is 24.0 Å². The zero-order valence-electron chi connectivity index (χ0n) is 15.0. The summed E-state index contributed by atoms with van der Waals surface area (Å²) < 4.78 is 5.80. The van der Waals surface area contributed by atoms with E-state index in [9.17, 15) is 9.59 Å². The molecule has 4 rings (SSSR count). The third-order valence-electron chi connectivity index (χ3n) is 5.69. The molecule has 1 saturated carbocycles. The van der Waals surface area contributed by atoms with E-state index >= 15 is 0 Å². The van der Waals surface area contributed by atoms with Gasteiger partial charge in [0.1, 0.15) is 0 Å². The van der Waals surface area contributed by atoms with E-state index < -0.39 is 0 Å². The summed E-state index contributed by atoms with van der Waals surface area (Å²) in [5.41, 5.74) is 1.38. The van der Waals surface area contributed by atoms with E-state index in [0.29, 0.717) is 42.5 Å². The fourth-order valence-corrected chi connectivity index (χ4v) is 4.33. The molecule has 6 heteroatoms. The molecule has 1 aromatic heterocycles. The first-order valence-corrected chi connectivity index (χ1v) is 9.69. The molecule has 1 aliphatic heterocycles. The number of aryl methyl sites for hydroxylation is 1. The minimum absolute atomic E-state index is 0.122. The van der Waals surface area contributed by atoms with Gasteiger partial charge in [0.25, 0.3) is 5.91 Å². The highest BCUT2D eigenvalue weighted by molar-refractivity contribution is 6.35. The maximum atomic E-state index is 12.9. The largest absolute Gasteiger partial charge is 0.449 e. The van der Waals surface area contributed by atoms with Crippen LogP contribution in [0.1, 0.15) is 41.8 Å². The molecule has 2 aliphatic rings. The van der Waals surface area contributed by atoms with E-state index in [4.69, 9.17) is 16.0 Å². The maximum absolute atomic E-state index is 12.9. The van der Waals surface area contributed by atoms with Crippen molar-refractivity contribution >= 4 is 34.4 Å². The SMILES string of the molecule is Cc1c(C(=O)N2CCN(C(=O)C3CCCC3)CC2)oc2c(Cl)cccc12. The number of amides is 2. The van der Waals surface area contributed by atoms with Gasteiger partial charge in [0, 0.05) is 43.0 Å². The summed E-state index contributed by atoms with van der Waals surface area (Å²) in [6, 6.07) is 5.53. The molecule has 0 atom stereocenters. The van der Waals surface area contributed by atoms with Gasteiger partial charge in [-0.3, -0.25) is 9.59 Å². The van der Waals surface area contributed by atoms with E-state index in [-0.39, 0.29) is 17.7 Å². The smallest absolute Gasteiger partial charge is 0.290 e. The normalized spacial score (nSPS) is 18.7. The Morgan fingerprint density at radius 2 is 1.73 bits per heavy atom. The van der Waals surface area contributed by atoms with Gasteiger partial charge in [0.05, 0.1) is 5.02 Å². The lowest BCUT2D eigenvalue weighted by molar-refractivity contribution is -0.136. The Labute approximate surface area is 157 Å². The molecule has 0 bridgehead atoms. The van der Waals surface area contributed by atoms with Gasteiger partial charge in [-0.15, -0.1) is 0 Å². The third kappa shape index (κ3) is 2.98. The molecular formula is C20H23ClN2O3. The van der Waals surface area contributed by atoms with Gasteiger partial charge in [-0.05, 0) is 25.8 Å². The molecule has 5 nitrogen and oxygen atoms in total. The lowest BCUT2D eigenvalue weighted by Crippen LogP contribution is -2.51. The van der Waals surface area contributed by atoms with Crippen molar-refractivity contribution in [2.45, 2.75) is 32.6 Å². The van der Waals surface area contributed by atoms with Crippen molar-refractivity contribution < 1.29 is 14.0 Å². The van der Waals surface area contributed by atoms with Crippen LogP contribution in [0.2, 0.25) is 5.02 Å². The van der Waals surface area contributed by atoms with Gasteiger partial charge < -0.3 is 14.2 Å². The number of hydrogen-bond acceptors (Lipinski definition) is 3. The highest BCUT2D eigenvalue weighted by Gasteiger charge is 2.32. The van der Waals surface area contributed by atoms with Crippen molar-refractivity contribution in [1.82, 2.24) is 9.80 Å². The molecule has 1 aliphatic carbocycles. The summed E-state index contributed by atoms with van der Waals surface area (Å²) in [5, 5.41) is 1.38. The Morgan fingerprint density at radius 3 is 2.38 bits per heavy atom. The Morgan fingerprint density at radius 1 is 1.08 bits per heavy atom. The molecule has 26 heavy (non-hydrogen) atoms. The quantitative estimate of drug-likeness (QED) is 0.801. The van der Waals surface area contributed by atoms with Gasteiger partial charge in [-0.25, -0.2) is 0 Å². The third-order valence-corrected chi connectivity index (χ3v) is 5.99. The number of rotatable bonds is 2. The van der Waals surface area contributed by atoms with Gasteiger partial charge in [0.15, 0.2) is 11.3 Å². The maximum Gasteiger partial charge on any atom is 0.290 e. The first-order valence-electron chi connectivity index (χ1n) is 9.32. The van der Waals surface area contributed by atoms with E-state index in [0.717, 1.165) is 36.6 Å². The number of benzene rings is 1. The van der Waals surface area contributed by atoms with Gasteiger partial charge in [0.2, 0.25) is 5.91 Å². The minimum atomic E-state index is -0.122. The number of hydrogen-bond donors (Lipinski definition) is 0. The summed E-state index contributed by atoms with van der Waals surface area (Å²) in [6.45, 7) is 4.17. The second-order valence-corrected chi connectivity index (χ2v) is 7.68. The van der Waals surface area contributed by atoms with Crippen molar-refractivity contribution in [2.75, 3.05) is 26.2 Å². The van der Waals surface area contributed by atoms with Gasteiger partial charge in [-0.2, -0.15) is 0 Å². The number of carbonyl (C=O) groups excluding carboxylic acids is 2. The fourth-order valence-electron chi connectivity index (χ4n) is 4.12. The number of nitrogens with zero attached hydrogens (tertiary/aromatic N) is 2. The lowest BCUT2D eigenvalue weighted by atomic mass is 10.1. The monoisotopic (exact) mass is 374 g/mol. The summed E-state index contributed by atoms with van der Waals surface area (Å²) in [4.78, 5) is 29.2. The fraction of sp³-hybridized carbons (Fsp3) is 0.500. The molecular weight excluding hydrogens is 352 g/mol. The number of furan rings is 1. The number of carbonyl (C=O) groups is 2. The van der Waals surface area contributed by atoms with Crippen LogP contribution in [0.5, 0.6) is 0 Å². The minimum Gasteiger partial charge on any atom is -0.449 e. The second kappa shape index (κ2) is 6.95.